The fourth-order valence-corrected chi connectivity index (χ4v) is 1.68. The molecule has 0 atom stereocenters. The first-order valence-electron chi connectivity index (χ1n) is 6.48. The van der Waals surface area contributed by atoms with Crippen molar-refractivity contribution in [3.63, 3.8) is 0 Å². The van der Waals surface area contributed by atoms with Crippen molar-refractivity contribution < 1.29 is 18.0 Å². The van der Waals surface area contributed by atoms with Gasteiger partial charge in [-0.3, -0.25) is 4.79 Å². The summed E-state index contributed by atoms with van der Waals surface area (Å²) in [6, 6.07) is 7.16. The Hall–Kier alpha value is -2.58. The minimum absolute atomic E-state index is 0.0654. The molecule has 118 valence electrons. The molecular formula is C13H14F3N5O. The number of amides is 1. The Kier molecular flexibility index (Phi) is 4.97. The second-order valence-corrected chi connectivity index (χ2v) is 4.44. The molecule has 0 aliphatic carbocycles. The van der Waals surface area contributed by atoms with E-state index in [1.165, 1.54) is 0 Å². The molecule has 9 heteroatoms. The number of carbonyl (C=O) groups excluding carboxylic acids is 1. The smallest absolute Gasteiger partial charge is 0.367 e. The third-order valence-electron chi connectivity index (χ3n) is 2.63. The van der Waals surface area contributed by atoms with Gasteiger partial charge in [-0.2, -0.15) is 13.2 Å². The SMILES string of the molecule is O=C(CC(F)(F)F)NCCNc1ccc(-n2cccc2)nn1. The van der Waals surface area contributed by atoms with Gasteiger partial charge in [0.05, 0.1) is 0 Å². The Labute approximate surface area is 124 Å². The molecule has 0 spiro atoms. The number of hydrogen-bond acceptors (Lipinski definition) is 4. The Morgan fingerprint density at radius 1 is 1.14 bits per heavy atom. The van der Waals surface area contributed by atoms with Crippen LogP contribution in [0.3, 0.4) is 0 Å². The van der Waals surface area contributed by atoms with Crippen LogP contribution in [0.15, 0.2) is 36.7 Å². The third-order valence-corrected chi connectivity index (χ3v) is 2.63. The van der Waals surface area contributed by atoms with Crippen LogP contribution in [0.1, 0.15) is 6.42 Å². The van der Waals surface area contributed by atoms with Crippen molar-refractivity contribution in [1.82, 2.24) is 20.1 Å². The van der Waals surface area contributed by atoms with Crippen LogP contribution in [0.5, 0.6) is 0 Å². The van der Waals surface area contributed by atoms with E-state index in [4.69, 9.17) is 0 Å². The molecule has 2 N–H and O–H groups in total. The van der Waals surface area contributed by atoms with E-state index >= 15 is 0 Å². The van der Waals surface area contributed by atoms with Gasteiger partial charge in [-0.05, 0) is 24.3 Å². The fraction of sp³-hybridized carbons (Fsp3) is 0.308. The van der Waals surface area contributed by atoms with Crippen molar-refractivity contribution in [2.24, 2.45) is 0 Å². The number of anilines is 1. The lowest BCUT2D eigenvalue weighted by atomic mass is 10.4. The molecule has 0 saturated carbocycles. The zero-order valence-corrected chi connectivity index (χ0v) is 11.5. The highest BCUT2D eigenvalue weighted by atomic mass is 19.4. The number of nitrogens with zero attached hydrogens (tertiary/aromatic N) is 3. The lowest BCUT2D eigenvalue weighted by Gasteiger charge is -2.09. The second-order valence-electron chi connectivity index (χ2n) is 4.44. The zero-order valence-electron chi connectivity index (χ0n) is 11.5. The van der Waals surface area contributed by atoms with E-state index in [0.717, 1.165) is 0 Å². The Morgan fingerprint density at radius 3 is 2.45 bits per heavy atom. The van der Waals surface area contributed by atoms with Crippen molar-refractivity contribution >= 4 is 11.7 Å². The summed E-state index contributed by atoms with van der Waals surface area (Å²) in [5.41, 5.74) is 0. The molecule has 6 nitrogen and oxygen atoms in total. The molecule has 2 rings (SSSR count). The van der Waals surface area contributed by atoms with Gasteiger partial charge in [0.15, 0.2) is 5.82 Å². The molecule has 2 heterocycles. The molecule has 0 aliphatic heterocycles. The molecule has 1 amide bonds. The third kappa shape index (κ3) is 5.08. The number of aromatic nitrogens is 3. The Balaban J connectivity index is 1.72. The zero-order chi connectivity index (χ0) is 16.0. The van der Waals surface area contributed by atoms with Crippen molar-refractivity contribution in [2.75, 3.05) is 18.4 Å². The molecule has 0 bridgehead atoms. The van der Waals surface area contributed by atoms with Gasteiger partial charge in [0.2, 0.25) is 5.91 Å². The number of halogens is 3. The average Bonchev–Trinajstić information content (AvgIpc) is 2.96. The van der Waals surface area contributed by atoms with E-state index in [1.54, 1.807) is 16.7 Å². The van der Waals surface area contributed by atoms with Crippen molar-refractivity contribution in [1.29, 1.82) is 0 Å². The summed E-state index contributed by atoms with van der Waals surface area (Å²) >= 11 is 0. The first-order valence-corrected chi connectivity index (χ1v) is 6.48. The number of carbonyl (C=O) groups is 1. The minimum atomic E-state index is -4.49. The molecule has 0 aromatic carbocycles. The quantitative estimate of drug-likeness (QED) is 0.797. The number of rotatable bonds is 6. The molecule has 2 aromatic rings. The Morgan fingerprint density at radius 2 is 1.86 bits per heavy atom. The molecule has 0 fully saturated rings. The molecular weight excluding hydrogens is 299 g/mol. The van der Waals surface area contributed by atoms with Crippen LogP contribution < -0.4 is 10.6 Å². The largest absolute Gasteiger partial charge is 0.397 e. The van der Waals surface area contributed by atoms with Crippen LogP contribution in [0, 0.1) is 0 Å². The van der Waals surface area contributed by atoms with Gasteiger partial charge >= 0.3 is 6.18 Å². The summed E-state index contributed by atoms with van der Waals surface area (Å²) in [4.78, 5) is 11.0. The first-order chi connectivity index (χ1) is 10.4. The topological polar surface area (TPSA) is 71.8 Å². The van der Waals surface area contributed by atoms with Crippen molar-refractivity contribution in [3.05, 3.63) is 36.7 Å². The second kappa shape index (κ2) is 6.92. The van der Waals surface area contributed by atoms with E-state index < -0.39 is 18.5 Å². The van der Waals surface area contributed by atoms with Gasteiger partial charge in [-0.25, -0.2) is 0 Å². The monoisotopic (exact) mass is 313 g/mol. The van der Waals surface area contributed by atoms with Gasteiger partial charge in [0, 0.05) is 25.5 Å². The normalized spacial score (nSPS) is 11.2. The van der Waals surface area contributed by atoms with Crippen LogP contribution in [0.25, 0.3) is 5.82 Å². The maximum Gasteiger partial charge on any atom is 0.397 e. The number of nitrogens with one attached hydrogen (secondary N) is 2. The fourth-order valence-electron chi connectivity index (χ4n) is 1.68. The van der Waals surface area contributed by atoms with Crippen LogP contribution in [0.4, 0.5) is 19.0 Å². The van der Waals surface area contributed by atoms with E-state index in [1.807, 2.05) is 24.5 Å². The van der Waals surface area contributed by atoms with Crippen LogP contribution in [0.2, 0.25) is 0 Å². The number of hydrogen-bond donors (Lipinski definition) is 2. The molecule has 0 saturated heterocycles. The minimum Gasteiger partial charge on any atom is -0.367 e. The summed E-state index contributed by atoms with van der Waals surface area (Å²) in [6.07, 6.45) is -2.31. The summed E-state index contributed by atoms with van der Waals surface area (Å²) in [5.74, 6) is 0.0679. The van der Waals surface area contributed by atoms with E-state index in [9.17, 15) is 18.0 Å². The lowest BCUT2D eigenvalue weighted by molar-refractivity contribution is -0.153. The van der Waals surface area contributed by atoms with E-state index in [-0.39, 0.29) is 13.1 Å². The van der Waals surface area contributed by atoms with Crippen molar-refractivity contribution in [3.8, 4) is 5.82 Å². The first kappa shape index (κ1) is 15.8. The summed E-state index contributed by atoms with van der Waals surface area (Å²) in [7, 11) is 0. The van der Waals surface area contributed by atoms with Crippen LogP contribution in [-0.4, -0.2) is 39.9 Å². The standard InChI is InChI=1S/C13H14F3N5O/c14-13(15,16)9-12(22)18-6-5-17-10-3-4-11(20-19-10)21-7-1-2-8-21/h1-4,7-8H,5-6,9H2,(H,17,19)(H,18,22). The van der Waals surface area contributed by atoms with Crippen molar-refractivity contribution in [2.45, 2.75) is 12.6 Å². The molecule has 2 aromatic heterocycles. The average molecular weight is 313 g/mol. The lowest BCUT2D eigenvalue weighted by Crippen LogP contribution is -2.32. The van der Waals surface area contributed by atoms with Gasteiger partial charge in [0.1, 0.15) is 12.2 Å². The summed E-state index contributed by atoms with van der Waals surface area (Å²) in [5, 5.41) is 13.0. The summed E-state index contributed by atoms with van der Waals surface area (Å²) in [6.45, 7) is 0.317. The van der Waals surface area contributed by atoms with Gasteiger partial charge < -0.3 is 15.2 Å². The van der Waals surface area contributed by atoms with Crippen LogP contribution in [-0.2, 0) is 4.79 Å². The van der Waals surface area contributed by atoms with Gasteiger partial charge in [-0.1, -0.05) is 0 Å². The van der Waals surface area contributed by atoms with Gasteiger partial charge in [0.25, 0.3) is 0 Å². The highest BCUT2D eigenvalue weighted by Gasteiger charge is 2.30. The molecule has 22 heavy (non-hydrogen) atoms. The predicted molar refractivity (Wildman–Crippen MR) is 73.5 cm³/mol. The van der Waals surface area contributed by atoms with Crippen LogP contribution >= 0.6 is 0 Å². The molecule has 0 aliphatic rings. The maximum atomic E-state index is 11.9. The van der Waals surface area contributed by atoms with Gasteiger partial charge in [-0.15, -0.1) is 10.2 Å². The highest BCUT2D eigenvalue weighted by Crippen LogP contribution is 2.18. The Bertz CT molecular complexity index is 595. The maximum absolute atomic E-state index is 11.9. The molecule has 0 radical (unpaired) electrons. The predicted octanol–water partition coefficient (Wildman–Crippen LogP) is 1.75. The van der Waals surface area contributed by atoms with E-state index in [2.05, 4.69) is 20.8 Å². The summed E-state index contributed by atoms with van der Waals surface area (Å²) < 4.78 is 37.6. The van der Waals surface area contributed by atoms with E-state index in [0.29, 0.717) is 11.6 Å². The highest BCUT2D eigenvalue weighted by molar-refractivity contribution is 5.76. The number of alkyl halides is 3. The molecule has 0 unspecified atom stereocenters.